The van der Waals surface area contributed by atoms with Crippen LogP contribution in [0.25, 0.3) is 0 Å². The van der Waals surface area contributed by atoms with E-state index >= 15 is 0 Å². The summed E-state index contributed by atoms with van der Waals surface area (Å²) in [6, 6.07) is 12.1. The number of rotatable bonds is 6. The van der Waals surface area contributed by atoms with Crippen molar-refractivity contribution in [1.82, 2.24) is 0 Å². The molecule has 0 saturated carbocycles. The molecule has 3 aromatic rings. The molecule has 8 nitrogen and oxygen atoms in total. The van der Waals surface area contributed by atoms with Crippen LogP contribution < -0.4 is 5.32 Å². The lowest BCUT2D eigenvalue weighted by Gasteiger charge is -2.19. The second kappa shape index (κ2) is 9.10. The Morgan fingerprint density at radius 3 is 2.38 bits per heavy atom. The van der Waals surface area contributed by atoms with Crippen molar-refractivity contribution in [2.24, 2.45) is 0 Å². The van der Waals surface area contributed by atoms with E-state index in [1.54, 1.807) is 6.07 Å². The molecule has 0 radical (unpaired) electrons. The first kappa shape index (κ1) is 22.8. The summed E-state index contributed by atoms with van der Waals surface area (Å²) in [7, 11) is 0. The molecule has 0 aliphatic heterocycles. The quantitative estimate of drug-likeness (QED) is 0.294. The van der Waals surface area contributed by atoms with Crippen molar-refractivity contribution >= 4 is 35.0 Å². The molecular weight excluding hydrogens is 457 g/mol. The molecule has 2 aromatic carbocycles. The average molecular weight is 469 g/mol. The van der Waals surface area contributed by atoms with Crippen molar-refractivity contribution in [1.29, 1.82) is 0 Å². The number of carbonyl (C=O) groups excluding carboxylic acids is 2. The molecule has 12 heteroatoms. The third-order valence-corrected chi connectivity index (χ3v) is 4.32. The number of hydrogen-bond donors (Lipinski definition) is 1. The number of benzene rings is 2. The zero-order valence-corrected chi connectivity index (χ0v) is 16.5. The summed E-state index contributed by atoms with van der Waals surface area (Å²) in [6.45, 7) is 0. The van der Waals surface area contributed by atoms with Crippen molar-refractivity contribution in [3.63, 3.8) is 0 Å². The van der Waals surface area contributed by atoms with Gasteiger partial charge in [-0.05, 0) is 24.3 Å². The molecule has 1 N–H and O–H groups in total. The van der Waals surface area contributed by atoms with Gasteiger partial charge >= 0.3 is 18.0 Å². The van der Waals surface area contributed by atoms with Crippen LogP contribution in [-0.2, 0) is 15.7 Å². The van der Waals surface area contributed by atoms with Crippen LogP contribution in [0, 0.1) is 10.1 Å². The number of anilines is 1. The Bertz CT molecular complexity index is 1160. The van der Waals surface area contributed by atoms with Gasteiger partial charge in [0.25, 0.3) is 5.91 Å². The van der Waals surface area contributed by atoms with Gasteiger partial charge in [-0.2, -0.15) is 13.2 Å². The summed E-state index contributed by atoms with van der Waals surface area (Å²) in [6.07, 6.45) is -6.51. The number of nitrogens with zero attached hydrogens (tertiary/aromatic N) is 1. The minimum atomic E-state index is -4.82. The van der Waals surface area contributed by atoms with Gasteiger partial charge in [0.15, 0.2) is 0 Å². The van der Waals surface area contributed by atoms with Crippen molar-refractivity contribution in [2.45, 2.75) is 12.3 Å². The number of nitrogens with one attached hydrogen (secondary N) is 1. The van der Waals surface area contributed by atoms with Gasteiger partial charge < -0.3 is 14.5 Å². The van der Waals surface area contributed by atoms with E-state index in [-0.39, 0.29) is 10.6 Å². The monoisotopic (exact) mass is 468 g/mol. The first-order valence-electron chi connectivity index (χ1n) is 8.74. The molecule has 1 atom stereocenters. The predicted molar refractivity (Wildman–Crippen MR) is 105 cm³/mol. The normalized spacial score (nSPS) is 12.1. The predicted octanol–water partition coefficient (Wildman–Crippen LogP) is 5.40. The Morgan fingerprint density at radius 2 is 1.78 bits per heavy atom. The molecule has 0 saturated heterocycles. The number of halogens is 4. The third-order valence-electron chi connectivity index (χ3n) is 4.08. The van der Waals surface area contributed by atoms with Crippen LogP contribution in [-0.4, -0.2) is 16.8 Å². The lowest BCUT2D eigenvalue weighted by Crippen LogP contribution is -2.27. The lowest BCUT2D eigenvalue weighted by molar-refractivity contribution is -0.402. The average Bonchev–Trinajstić information content (AvgIpc) is 3.24. The number of alkyl halides is 3. The van der Waals surface area contributed by atoms with Gasteiger partial charge in [-0.3, -0.25) is 14.9 Å². The molecule has 0 bridgehead atoms. The van der Waals surface area contributed by atoms with Crippen molar-refractivity contribution < 1.29 is 36.8 Å². The SMILES string of the molecule is O=C(O[C@@H](C(=O)Nc1ccc(Cl)cc1C(F)(F)F)c1ccccc1)c1ccc([N+](=O)[O-])o1. The first-order chi connectivity index (χ1) is 15.1. The van der Waals surface area contributed by atoms with Crippen LogP contribution in [0.2, 0.25) is 5.02 Å². The highest BCUT2D eigenvalue weighted by atomic mass is 35.5. The minimum Gasteiger partial charge on any atom is -0.441 e. The van der Waals surface area contributed by atoms with Crippen LogP contribution in [0.1, 0.15) is 27.8 Å². The van der Waals surface area contributed by atoms with Crippen LogP contribution >= 0.6 is 11.6 Å². The Labute approximate surface area is 182 Å². The molecule has 1 heterocycles. The number of nitro groups is 1. The van der Waals surface area contributed by atoms with Crippen LogP contribution in [0.4, 0.5) is 24.7 Å². The van der Waals surface area contributed by atoms with Crippen LogP contribution in [0.15, 0.2) is 65.1 Å². The van der Waals surface area contributed by atoms with E-state index in [4.69, 9.17) is 20.8 Å². The second-order valence-corrected chi connectivity index (χ2v) is 6.70. The molecule has 166 valence electrons. The van der Waals surface area contributed by atoms with Crippen LogP contribution in [0.5, 0.6) is 0 Å². The number of hydrogen-bond acceptors (Lipinski definition) is 6. The molecule has 0 spiro atoms. The molecule has 0 unspecified atom stereocenters. The van der Waals surface area contributed by atoms with Crippen molar-refractivity contribution in [2.75, 3.05) is 5.32 Å². The molecule has 1 amide bonds. The van der Waals surface area contributed by atoms with E-state index in [2.05, 4.69) is 5.32 Å². The maximum Gasteiger partial charge on any atom is 0.433 e. The Balaban J connectivity index is 1.91. The van der Waals surface area contributed by atoms with E-state index in [1.165, 1.54) is 24.3 Å². The molecule has 32 heavy (non-hydrogen) atoms. The first-order valence-corrected chi connectivity index (χ1v) is 9.12. The molecule has 0 aliphatic carbocycles. The van der Waals surface area contributed by atoms with Crippen LogP contribution in [0.3, 0.4) is 0 Å². The van der Waals surface area contributed by atoms with Gasteiger partial charge in [0, 0.05) is 10.6 Å². The zero-order chi connectivity index (χ0) is 23.5. The highest BCUT2D eigenvalue weighted by Crippen LogP contribution is 2.37. The van der Waals surface area contributed by atoms with E-state index in [0.717, 1.165) is 24.3 Å². The van der Waals surface area contributed by atoms with Gasteiger partial charge in [-0.15, -0.1) is 0 Å². The van der Waals surface area contributed by atoms with Gasteiger partial charge in [0.1, 0.15) is 4.92 Å². The molecular formula is C20H12ClF3N2O6. The molecule has 3 rings (SSSR count). The fourth-order valence-corrected chi connectivity index (χ4v) is 2.83. The van der Waals surface area contributed by atoms with E-state index in [0.29, 0.717) is 6.07 Å². The zero-order valence-electron chi connectivity index (χ0n) is 15.8. The maximum atomic E-state index is 13.3. The third kappa shape index (κ3) is 5.24. The number of carbonyl (C=O) groups is 2. The van der Waals surface area contributed by atoms with E-state index < -0.39 is 52.0 Å². The highest BCUT2D eigenvalue weighted by Gasteiger charge is 2.35. The van der Waals surface area contributed by atoms with Gasteiger partial charge in [-0.25, -0.2) is 4.79 Å². The lowest BCUT2D eigenvalue weighted by atomic mass is 10.1. The number of furan rings is 1. The van der Waals surface area contributed by atoms with E-state index in [9.17, 15) is 32.9 Å². The number of esters is 1. The Morgan fingerprint density at radius 1 is 1.09 bits per heavy atom. The number of amides is 1. The summed E-state index contributed by atoms with van der Waals surface area (Å²) < 4.78 is 49.9. The van der Waals surface area contributed by atoms with Gasteiger partial charge in [-0.1, -0.05) is 41.9 Å². The fourth-order valence-electron chi connectivity index (χ4n) is 2.66. The van der Waals surface area contributed by atoms with Crippen molar-refractivity contribution in [3.8, 4) is 0 Å². The van der Waals surface area contributed by atoms with Gasteiger partial charge in [0.05, 0.1) is 17.3 Å². The molecule has 0 fully saturated rings. The topological polar surface area (TPSA) is 112 Å². The maximum absolute atomic E-state index is 13.3. The summed E-state index contributed by atoms with van der Waals surface area (Å²) >= 11 is 5.64. The summed E-state index contributed by atoms with van der Waals surface area (Å²) in [4.78, 5) is 35.1. The summed E-state index contributed by atoms with van der Waals surface area (Å²) in [5.41, 5.74) is -1.66. The fraction of sp³-hybridized carbons (Fsp3) is 0.100. The molecule has 0 aliphatic rings. The molecule has 1 aromatic heterocycles. The second-order valence-electron chi connectivity index (χ2n) is 6.27. The smallest absolute Gasteiger partial charge is 0.433 e. The van der Waals surface area contributed by atoms with Gasteiger partial charge in [0.2, 0.25) is 11.9 Å². The standard InChI is InChI=1S/C20H12ClF3N2O6/c21-12-6-7-14(13(10-12)20(22,23)24)25-18(27)17(11-4-2-1-3-5-11)32-19(28)15-8-9-16(31-15)26(29)30/h1-10,17H,(H,25,27)/t17-/m1/s1. The minimum absolute atomic E-state index is 0.141. The Kier molecular flexibility index (Phi) is 6.49. The number of ether oxygens (including phenoxy) is 1. The Hall–Kier alpha value is -3.86. The summed E-state index contributed by atoms with van der Waals surface area (Å²) in [5.74, 6) is -3.62. The van der Waals surface area contributed by atoms with E-state index in [1.807, 2.05) is 0 Å². The summed E-state index contributed by atoms with van der Waals surface area (Å²) in [5, 5.41) is 12.6. The largest absolute Gasteiger partial charge is 0.441 e. The highest BCUT2D eigenvalue weighted by molar-refractivity contribution is 6.30. The van der Waals surface area contributed by atoms with Crippen molar-refractivity contribution in [3.05, 3.63) is 92.7 Å².